The highest BCUT2D eigenvalue weighted by Gasteiger charge is 2.32. The van der Waals surface area contributed by atoms with Crippen LogP contribution >= 0.6 is 15.9 Å². The molecule has 0 bridgehead atoms. The largest absolute Gasteiger partial charge is 0.352 e. The van der Waals surface area contributed by atoms with Gasteiger partial charge in [0.05, 0.1) is 5.41 Å². The second-order valence-corrected chi connectivity index (χ2v) is 5.42. The van der Waals surface area contributed by atoms with Crippen LogP contribution in [0.2, 0.25) is 0 Å². The van der Waals surface area contributed by atoms with Crippen LogP contribution in [0.3, 0.4) is 0 Å². The predicted octanol–water partition coefficient (Wildman–Crippen LogP) is 2.83. The topological polar surface area (TPSA) is 55.1 Å². The molecule has 100 valence electrons. The van der Waals surface area contributed by atoms with Crippen molar-refractivity contribution in [2.75, 3.05) is 6.54 Å². The van der Waals surface area contributed by atoms with E-state index < -0.39 is 5.41 Å². The fourth-order valence-corrected chi connectivity index (χ4v) is 2.42. The number of benzene rings is 1. The summed E-state index contributed by atoms with van der Waals surface area (Å²) in [5, 5.41) is 2.98. The van der Waals surface area contributed by atoms with E-state index in [4.69, 9.17) is 5.73 Å². The molecule has 3 N–H and O–H groups in total. The predicted molar refractivity (Wildman–Crippen MR) is 78.1 cm³/mol. The molecule has 0 aliphatic heterocycles. The molecule has 3 nitrogen and oxygen atoms in total. The number of hydrogen-bond donors (Lipinski definition) is 2. The molecule has 4 heteroatoms. The molecule has 0 unspecified atom stereocenters. The molecule has 0 saturated carbocycles. The van der Waals surface area contributed by atoms with Crippen LogP contribution in [-0.2, 0) is 11.3 Å². The third-order valence-electron chi connectivity index (χ3n) is 3.57. The molecule has 0 spiro atoms. The lowest BCUT2D eigenvalue weighted by Crippen LogP contribution is -2.45. The van der Waals surface area contributed by atoms with Crippen LogP contribution in [0.4, 0.5) is 0 Å². The molecular weight excluding hydrogens is 292 g/mol. The van der Waals surface area contributed by atoms with Crippen molar-refractivity contribution in [1.29, 1.82) is 0 Å². The smallest absolute Gasteiger partial charge is 0.227 e. The van der Waals surface area contributed by atoms with E-state index >= 15 is 0 Å². The first-order chi connectivity index (χ1) is 8.57. The van der Waals surface area contributed by atoms with Gasteiger partial charge in [-0.3, -0.25) is 4.79 Å². The van der Waals surface area contributed by atoms with Gasteiger partial charge in [0, 0.05) is 17.6 Å². The van der Waals surface area contributed by atoms with Crippen LogP contribution in [0, 0.1) is 5.41 Å². The highest BCUT2D eigenvalue weighted by Crippen LogP contribution is 2.25. The molecule has 1 aromatic rings. The molecule has 1 amide bonds. The van der Waals surface area contributed by atoms with Gasteiger partial charge in [0.2, 0.25) is 5.91 Å². The van der Waals surface area contributed by atoms with Gasteiger partial charge in [0.1, 0.15) is 0 Å². The molecule has 0 atom stereocenters. The summed E-state index contributed by atoms with van der Waals surface area (Å²) in [5.74, 6) is 0.0509. The number of nitrogens with two attached hydrogens (primary N) is 1. The number of hydrogen-bond acceptors (Lipinski definition) is 2. The Morgan fingerprint density at radius 3 is 2.56 bits per heavy atom. The van der Waals surface area contributed by atoms with Crippen LogP contribution in [0.25, 0.3) is 0 Å². The van der Waals surface area contributed by atoms with Crippen molar-refractivity contribution in [3.63, 3.8) is 0 Å². The normalized spacial score (nSPS) is 11.3. The van der Waals surface area contributed by atoms with Gasteiger partial charge < -0.3 is 11.1 Å². The molecule has 0 aromatic heterocycles. The average molecular weight is 313 g/mol. The van der Waals surface area contributed by atoms with Crippen LogP contribution in [0.15, 0.2) is 28.7 Å². The van der Waals surface area contributed by atoms with Gasteiger partial charge in [0.15, 0.2) is 0 Å². The SMILES string of the molecule is CCC(CC)(CN)C(=O)NCc1cccc(Br)c1. The second-order valence-electron chi connectivity index (χ2n) is 4.50. The van der Waals surface area contributed by atoms with Crippen molar-refractivity contribution < 1.29 is 4.79 Å². The van der Waals surface area contributed by atoms with Crippen LogP contribution in [-0.4, -0.2) is 12.5 Å². The van der Waals surface area contributed by atoms with Crippen molar-refractivity contribution >= 4 is 21.8 Å². The Balaban J connectivity index is 2.65. The first-order valence-corrected chi connectivity index (χ1v) is 7.10. The van der Waals surface area contributed by atoms with Gasteiger partial charge in [-0.2, -0.15) is 0 Å². The molecular formula is C14H21BrN2O. The van der Waals surface area contributed by atoms with Crippen LogP contribution in [0.1, 0.15) is 32.3 Å². The summed E-state index contributed by atoms with van der Waals surface area (Å²) < 4.78 is 1.02. The molecule has 0 aliphatic rings. The summed E-state index contributed by atoms with van der Waals surface area (Å²) >= 11 is 3.42. The van der Waals surface area contributed by atoms with Gasteiger partial charge in [-0.15, -0.1) is 0 Å². The fourth-order valence-electron chi connectivity index (χ4n) is 1.97. The monoisotopic (exact) mass is 312 g/mol. The third-order valence-corrected chi connectivity index (χ3v) is 4.06. The molecule has 1 rings (SSSR count). The van der Waals surface area contributed by atoms with E-state index in [1.165, 1.54) is 0 Å². The Hall–Kier alpha value is -0.870. The average Bonchev–Trinajstić information content (AvgIpc) is 2.39. The van der Waals surface area contributed by atoms with Crippen molar-refractivity contribution in [1.82, 2.24) is 5.32 Å². The van der Waals surface area contributed by atoms with Gasteiger partial charge in [-0.1, -0.05) is 41.9 Å². The van der Waals surface area contributed by atoms with Crippen molar-refractivity contribution in [3.05, 3.63) is 34.3 Å². The van der Waals surface area contributed by atoms with E-state index in [2.05, 4.69) is 21.2 Å². The Morgan fingerprint density at radius 1 is 1.39 bits per heavy atom. The first-order valence-electron chi connectivity index (χ1n) is 6.30. The minimum atomic E-state index is -0.425. The standard InChI is InChI=1S/C14H21BrN2O/c1-3-14(4-2,10-16)13(18)17-9-11-6-5-7-12(15)8-11/h5-8H,3-4,9-10,16H2,1-2H3,(H,17,18). The quantitative estimate of drug-likeness (QED) is 0.848. The molecule has 0 radical (unpaired) electrons. The Bertz CT molecular complexity index is 394. The highest BCUT2D eigenvalue weighted by molar-refractivity contribution is 9.10. The first kappa shape index (κ1) is 15.2. The molecule has 0 saturated heterocycles. The van der Waals surface area contributed by atoms with E-state index in [0.717, 1.165) is 22.9 Å². The van der Waals surface area contributed by atoms with E-state index in [-0.39, 0.29) is 5.91 Å². The summed E-state index contributed by atoms with van der Waals surface area (Å²) in [6.07, 6.45) is 1.54. The Kier molecular flexibility index (Phi) is 5.82. The van der Waals surface area contributed by atoms with Crippen LogP contribution in [0.5, 0.6) is 0 Å². The fraction of sp³-hybridized carbons (Fsp3) is 0.500. The number of halogens is 1. The zero-order valence-electron chi connectivity index (χ0n) is 11.0. The van der Waals surface area contributed by atoms with Crippen molar-refractivity contribution in [2.45, 2.75) is 33.2 Å². The maximum Gasteiger partial charge on any atom is 0.227 e. The van der Waals surface area contributed by atoms with Crippen molar-refractivity contribution in [2.24, 2.45) is 11.1 Å². The van der Waals surface area contributed by atoms with E-state index in [0.29, 0.717) is 13.1 Å². The van der Waals surface area contributed by atoms with Crippen molar-refractivity contribution in [3.8, 4) is 0 Å². The number of nitrogens with one attached hydrogen (secondary N) is 1. The van der Waals surface area contributed by atoms with E-state index in [1.807, 2.05) is 38.1 Å². The highest BCUT2D eigenvalue weighted by atomic mass is 79.9. The Morgan fingerprint density at radius 2 is 2.06 bits per heavy atom. The second kappa shape index (κ2) is 6.90. The van der Waals surface area contributed by atoms with Crippen LogP contribution < -0.4 is 11.1 Å². The minimum absolute atomic E-state index is 0.0509. The molecule has 18 heavy (non-hydrogen) atoms. The lowest BCUT2D eigenvalue weighted by Gasteiger charge is -2.28. The number of carbonyl (C=O) groups is 1. The van der Waals surface area contributed by atoms with Gasteiger partial charge in [-0.25, -0.2) is 0 Å². The van der Waals surface area contributed by atoms with Gasteiger partial charge in [-0.05, 0) is 30.5 Å². The Labute approximate surface area is 117 Å². The number of rotatable bonds is 6. The molecule has 1 aromatic carbocycles. The lowest BCUT2D eigenvalue weighted by molar-refractivity contribution is -0.131. The maximum absolute atomic E-state index is 12.2. The van der Waals surface area contributed by atoms with E-state index in [9.17, 15) is 4.79 Å². The third kappa shape index (κ3) is 3.56. The maximum atomic E-state index is 12.2. The summed E-state index contributed by atoms with van der Waals surface area (Å²) in [4.78, 5) is 12.2. The summed E-state index contributed by atoms with van der Waals surface area (Å²) in [7, 11) is 0. The summed E-state index contributed by atoms with van der Waals surface area (Å²) in [6.45, 7) is 4.95. The number of amides is 1. The summed E-state index contributed by atoms with van der Waals surface area (Å²) in [5.41, 5.74) is 6.41. The van der Waals surface area contributed by atoms with E-state index in [1.54, 1.807) is 0 Å². The lowest BCUT2D eigenvalue weighted by atomic mass is 9.81. The number of carbonyl (C=O) groups excluding carboxylic acids is 1. The molecule has 0 aliphatic carbocycles. The zero-order chi connectivity index (χ0) is 13.6. The zero-order valence-corrected chi connectivity index (χ0v) is 12.6. The minimum Gasteiger partial charge on any atom is -0.352 e. The molecule has 0 heterocycles. The van der Waals surface area contributed by atoms with Gasteiger partial charge >= 0.3 is 0 Å². The summed E-state index contributed by atoms with van der Waals surface area (Å²) in [6, 6.07) is 7.92. The van der Waals surface area contributed by atoms with Gasteiger partial charge in [0.25, 0.3) is 0 Å². The molecule has 0 fully saturated rings.